The molecule has 11 aromatic carbocycles. The van der Waals surface area contributed by atoms with Crippen LogP contribution in [0.3, 0.4) is 0 Å². The molecule has 2 nitrogen and oxygen atoms in total. The molecule has 1 aliphatic carbocycles. The van der Waals surface area contributed by atoms with E-state index in [1.54, 1.807) is 0 Å². The topological polar surface area (TPSA) is 25.8 Å². The minimum atomic E-state index is 0.943. The zero-order valence-electron chi connectivity index (χ0n) is 35.8. The third-order valence-corrected chi connectivity index (χ3v) is 13.8. The van der Waals surface area contributed by atoms with Crippen molar-refractivity contribution in [3.05, 3.63) is 231 Å². The van der Waals surface area contributed by atoms with E-state index in [-0.39, 0.29) is 0 Å². The van der Waals surface area contributed by atoms with E-state index in [0.29, 0.717) is 0 Å². The van der Waals surface area contributed by atoms with Crippen LogP contribution in [0.4, 0.5) is 0 Å². The van der Waals surface area contributed by atoms with Crippen molar-refractivity contribution in [2.75, 3.05) is 0 Å². The van der Waals surface area contributed by atoms with Crippen LogP contribution in [0.5, 0.6) is 0 Å². The highest BCUT2D eigenvalue weighted by Gasteiger charge is 2.33. The lowest BCUT2D eigenvalue weighted by molar-refractivity contribution is 1.32. The highest BCUT2D eigenvalue weighted by atomic mass is 14.7. The Morgan fingerprint density at radius 1 is 0.212 bits per heavy atom. The molecule has 0 amide bonds. The molecule has 0 saturated heterocycles. The Morgan fingerprint density at radius 2 is 0.591 bits per heavy atom. The number of aromatic nitrogens is 2. The summed E-state index contributed by atoms with van der Waals surface area (Å²) in [5, 5.41) is 12.6. The van der Waals surface area contributed by atoms with Crippen LogP contribution in [0.1, 0.15) is 0 Å². The molecule has 1 aliphatic rings. The number of nitrogens with zero attached hydrogens (tertiary/aromatic N) is 2. The molecule has 0 bridgehead atoms. The number of benzene rings is 11. The smallest absolute Gasteiger partial charge is 0.0715 e. The summed E-state index contributed by atoms with van der Waals surface area (Å²) < 4.78 is 0. The van der Waals surface area contributed by atoms with Gasteiger partial charge in [0.1, 0.15) is 0 Å². The summed E-state index contributed by atoms with van der Waals surface area (Å²) >= 11 is 0. The van der Waals surface area contributed by atoms with Crippen LogP contribution in [0, 0.1) is 0 Å². The van der Waals surface area contributed by atoms with E-state index in [1.165, 1.54) is 87.2 Å². The van der Waals surface area contributed by atoms with Gasteiger partial charge >= 0.3 is 0 Å². The number of fused-ring (bicyclic) bond motifs is 5. The van der Waals surface area contributed by atoms with Gasteiger partial charge in [-0.3, -0.25) is 0 Å². The van der Waals surface area contributed by atoms with Crippen molar-refractivity contribution < 1.29 is 0 Å². The Hall–Kier alpha value is -8.72. The number of hydrogen-bond acceptors (Lipinski definition) is 2. The van der Waals surface area contributed by atoms with Crippen molar-refractivity contribution in [3.63, 3.8) is 0 Å². The average Bonchev–Trinajstić information content (AvgIpc) is 3.71. The molecule has 304 valence electrons. The molecule has 0 aliphatic heterocycles. The molecule has 0 atom stereocenters. The molecule has 0 radical (unpaired) electrons. The molecule has 13 aromatic rings. The molecule has 0 unspecified atom stereocenters. The average molecular weight is 835 g/mol. The van der Waals surface area contributed by atoms with E-state index in [9.17, 15) is 0 Å². The molecule has 66 heavy (non-hydrogen) atoms. The van der Waals surface area contributed by atoms with Crippen molar-refractivity contribution in [1.29, 1.82) is 0 Å². The molecule has 2 aromatic heterocycles. The fraction of sp³-hybridized carbons (Fsp3) is 0. The van der Waals surface area contributed by atoms with Crippen LogP contribution < -0.4 is 0 Å². The lowest BCUT2D eigenvalue weighted by Gasteiger charge is -2.22. The van der Waals surface area contributed by atoms with Crippen LogP contribution in [0.2, 0.25) is 0 Å². The molecule has 14 rings (SSSR count). The molecular weight excluding hydrogens is 797 g/mol. The second kappa shape index (κ2) is 14.4. The normalized spacial score (nSPS) is 11.9. The fourth-order valence-electron chi connectivity index (χ4n) is 10.9. The zero-order valence-corrected chi connectivity index (χ0v) is 35.8. The molecule has 2 heteroatoms. The van der Waals surface area contributed by atoms with Gasteiger partial charge in [0.05, 0.1) is 22.8 Å². The summed E-state index contributed by atoms with van der Waals surface area (Å²) in [6, 6.07) is 84.1. The Morgan fingerprint density at radius 3 is 1.06 bits per heavy atom. The van der Waals surface area contributed by atoms with E-state index in [0.717, 1.165) is 56.2 Å². The maximum Gasteiger partial charge on any atom is 0.0715 e. The van der Waals surface area contributed by atoms with E-state index in [2.05, 4.69) is 231 Å². The monoisotopic (exact) mass is 834 g/mol. The molecule has 0 fully saturated rings. The summed E-state index contributed by atoms with van der Waals surface area (Å²) in [5.74, 6) is 0. The number of pyridine rings is 2. The van der Waals surface area contributed by atoms with Gasteiger partial charge in [0.15, 0.2) is 0 Å². The summed E-state index contributed by atoms with van der Waals surface area (Å²) in [5.41, 5.74) is 17.9. The minimum absolute atomic E-state index is 0.943. The van der Waals surface area contributed by atoms with E-state index >= 15 is 0 Å². The van der Waals surface area contributed by atoms with Crippen molar-refractivity contribution >= 4 is 53.9 Å². The predicted molar refractivity (Wildman–Crippen MR) is 278 cm³/mol. The first-order chi connectivity index (χ1) is 32.7. The van der Waals surface area contributed by atoms with Gasteiger partial charge in [-0.25, -0.2) is 9.97 Å². The highest BCUT2D eigenvalue weighted by Crippen LogP contribution is 2.60. The van der Waals surface area contributed by atoms with E-state index < -0.39 is 0 Å². The largest absolute Gasteiger partial charge is 0.248 e. The Kier molecular flexibility index (Phi) is 8.02. The summed E-state index contributed by atoms with van der Waals surface area (Å²) in [6.07, 6.45) is 0. The maximum absolute atomic E-state index is 5.40. The van der Waals surface area contributed by atoms with E-state index in [1.807, 2.05) is 0 Å². The Bertz CT molecular complexity index is 3950. The van der Waals surface area contributed by atoms with Crippen molar-refractivity contribution in [3.8, 4) is 89.5 Å². The van der Waals surface area contributed by atoms with Crippen LogP contribution in [-0.2, 0) is 0 Å². The third kappa shape index (κ3) is 5.62. The van der Waals surface area contributed by atoms with Crippen molar-refractivity contribution in [2.45, 2.75) is 0 Å². The highest BCUT2D eigenvalue weighted by molar-refractivity contribution is 6.36. The number of hydrogen-bond donors (Lipinski definition) is 0. The Balaban J connectivity index is 1.20. The summed E-state index contributed by atoms with van der Waals surface area (Å²) in [7, 11) is 0. The van der Waals surface area contributed by atoms with Crippen molar-refractivity contribution in [2.24, 2.45) is 0 Å². The molecular formula is C64H38N2. The van der Waals surface area contributed by atoms with Crippen LogP contribution in [-0.4, -0.2) is 9.97 Å². The quantitative estimate of drug-likeness (QED) is 0.123. The van der Waals surface area contributed by atoms with Gasteiger partial charge in [0.2, 0.25) is 0 Å². The van der Waals surface area contributed by atoms with Gasteiger partial charge in [0.25, 0.3) is 0 Å². The van der Waals surface area contributed by atoms with Crippen molar-refractivity contribution in [1.82, 2.24) is 9.97 Å². The first-order valence-electron chi connectivity index (χ1n) is 22.7. The second-order valence-electron chi connectivity index (χ2n) is 17.6. The lowest BCUT2D eigenvalue weighted by Crippen LogP contribution is -1.98. The van der Waals surface area contributed by atoms with Gasteiger partial charge in [-0.15, -0.1) is 0 Å². The molecule has 2 heterocycles. The fourth-order valence-corrected chi connectivity index (χ4v) is 10.9. The lowest BCUT2D eigenvalue weighted by atomic mass is 9.81. The second-order valence-corrected chi connectivity index (χ2v) is 17.6. The van der Waals surface area contributed by atoms with Gasteiger partial charge in [-0.05, 0) is 141 Å². The SMILES string of the molecule is c1ccc(-c2cc(-c3c4c(c(-c5cc(-c6ccccc6)nc(-c6ccccc6)c5)c5cc6ccccc6cc35)-c3cc5cccc6ccc7ccc-4c3c7c65)cc(-c3ccccc3)n2)cc1. The molecule has 0 saturated carbocycles. The maximum atomic E-state index is 5.40. The first-order valence-corrected chi connectivity index (χ1v) is 22.7. The van der Waals surface area contributed by atoms with Crippen LogP contribution in [0.15, 0.2) is 231 Å². The standard InChI is InChI=1S/C64H38N2/c1-5-16-39(17-6-1)54-35-48(36-55(65-54)40-18-7-2-8-19-40)59-51-32-45-24-13-14-25-46(45)33-52(51)60(49-37-56(41-20-9-3-10-21-41)66-57(38-49)42-22-11-4-12-23-42)64-53-34-47-27-15-26-43-28-29-44-30-31-50(63(59)64)62(53)61(44)58(43)47/h1-38H. The van der Waals surface area contributed by atoms with E-state index in [4.69, 9.17) is 9.97 Å². The van der Waals surface area contributed by atoms with Gasteiger partial charge < -0.3 is 0 Å². The molecule has 0 N–H and O–H groups in total. The Labute approximate surface area is 382 Å². The summed E-state index contributed by atoms with van der Waals surface area (Å²) in [6.45, 7) is 0. The van der Waals surface area contributed by atoms with Gasteiger partial charge in [-0.1, -0.05) is 188 Å². The zero-order chi connectivity index (χ0) is 43.3. The first kappa shape index (κ1) is 36.7. The van der Waals surface area contributed by atoms with Gasteiger partial charge in [-0.2, -0.15) is 0 Å². The number of rotatable bonds is 6. The predicted octanol–water partition coefficient (Wildman–Crippen LogP) is 17.3. The van der Waals surface area contributed by atoms with Crippen LogP contribution >= 0.6 is 0 Å². The molecule has 0 spiro atoms. The summed E-state index contributed by atoms with van der Waals surface area (Å²) in [4.78, 5) is 10.8. The van der Waals surface area contributed by atoms with Gasteiger partial charge in [0, 0.05) is 22.3 Å². The minimum Gasteiger partial charge on any atom is -0.248 e. The van der Waals surface area contributed by atoms with Crippen LogP contribution in [0.25, 0.3) is 143 Å². The third-order valence-electron chi connectivity index (χ3n) is 13.8.